The van der Waals surface area contributed by atoms with E-state index >= 15 is 0 Å². The van der Waals surface area contributed by atoms with E-state index in [1.54, 1.807) is 0 Å². The zero-order valence-electron chi connectivity index (χ0n) is 9.70. The molecule has 0 aliphatic heterocycles. The van der Waals surface area contributed by atoms with Crippen molar-refractivity contribution in [1.29, 1.82) is 0 Å². The van der Waals surface area contributed by atoms with Gasteiger partial charge in [0.2, 0.25) is 0 Å². The fraction of sp³-hybridized carbons (Fsp3) is 0.0909. The third-order valence-electron chi connectivity index (χ3n) is 2.35. The Morgan fingerprint density at radius 2 is 2.21 bits per heavy atom. The number of nitro groups is 1. The summed E-state index contributed by atoms with van der Waals surface area (Å²) in [6.07, 6.45) is 1.40. The zero-order chi connectivity index (χ0) is 13.8. The molecule has 3 N–H and O–H groups in total. The number of nitrogens with zero attached hydrogens (tertiary/aromatic N) is 2. The third kappa shape index (κ3) is 3.32. The fourth-order valence-corrected chi connectivity index (χ4v) is 2.25. The summed E-state index contributed by atoms with van der Waals surface area (Å²) in [7, 11) is 0. The average molecular weight is 278 g/mol. The average Bonchev–Trinajstić information content (AvgIpc) is 2.37. The second-order valence-electron chi connectivity index (χ2n) is 3.67. The Morgan fingerprint density at radius 1 is 1.42 bits per heavy atom. The van der Waals surface area contributed by atoms with Gasteiger partial charge in [-0.1, -0.05) is 11.8 Å². The highest BCUT2D eigenvalue weighted by atomic mass is 32.2. The molecule has 2 rings (SSSR count). The maximum Gasteiger partial charge on any atom is 0.269 e. The predicted molar refractivity (Wildman–Crippen MR) is 71.9 cm³/mol. The van der Waals surface area contributed by atoms with Crippen molar-refractivity contribution in [2.45, 2.75) is 10.9 Å². The first kappa shape index (κ1) is 13.1. The lowest BCUT2D eigenvalue weighted by molar-refractivity contribution is -0.384. The molecule has 19 heavy (non-hydrogen) atoms. The van der Waals surface area contributed by atoms with Crippen LogP contribution in [0.25, 0.3) is 0 Å². The summed E-state index contributed by atoms with van der Waals surface area (Å²) >= 11 is 1.25. The lowest BCUT2D eigenvalue weighted by Crippen LogP contribution is -2.05. The van der Waals surface area contributed by atoms with Gasteiger partial charge in [0, 0.05) is 35.8 Å². The Labute approximate surface area is 112 Å². The van der Waals surface area contributed by atoms with E-state index < -0.39 is 4.92 Å². The largest absolute Gasteiger partial charge is 0.398 e. The lowest BCUT2D eigenvalue weighted by atomic mass is 10.2. The van der Waals surface area contributed by atoms with Crippen molar-refractivity contribution in [2.75, 3.05) is 5.73 Å². The molecule has 2 aromatic rings. The number of rotatable bonds is 4. The van der Waals surface area contributed by atoms with E-state index in [4.69, 9.17) is 5.73 Å². The third-order valence-corrected chi connectivity index (χ3v) is 3.29. The number of hydrogen-bond acceptors (Lipinski definition) is 6. The summed E-state index contributed by atoms with van der Waals surface area (Å²) in [5.74, 6) is 0.389. The van der Waals surface area contributed by atoms with Gasteiger partial charge in [-0.15, -0.1) is 0 Å². The number of H-pyrrole nitrogens is 1. The molecular formula is C11H10N4O3S. The number of nitro benzene ring substituents is 1. The number of hydrogen-bond donors (Lipinski definition) is 2. The van der Waals surface area contributed by atoms with Crippen molar-refractivity contribution in [3.8, 4) is 0 Å². The van der Waals surface area contributed by atoms with E-state index in [0.717, 1.165) is 0 Å². The van der Waals surface area contributed by atoms with Crippen LogP contribution in [-0.2, 0) is 5.75 Å². The van der Waals surface area contributed by atoms with Crippen LogP contribution in [0.3, 0.4) is 0 Å². The van der Waals surface area contributed by atoms with Crippen molar-refractivity contribution in [2.24, 2.45) is 0 Å². The van der Waals surface area contributed by atoms with E-state index in [9.17, 15) is 14.9 Å². The Kier molecular flexibility index (Phi) is 3.81. The molecular weight excluding hydrogens is 268 g/mol. The Bertz CT molecular complexity index is 671. The Morgan fingerprint density at radius 3 is 2.89 bits per heavy atom. The van der Waals surface area contributed by atoms with Crippen LogP contribution in [0.15, 0.2) is 40.4 Å². The molecule has 98 valence electrons. The number of thioether (sulfide) groups is 1. The van der Waals surface area contributed by atoms with Gasteiger partial charge in [0.25, 0.3) is 11.2 Å². The first-order valence-corrected chi connectivity index (χ1v) is 6.26. The molecule has 1 aromatic heterocycles. The van der Waals surface area contributed by atoms with Crippen molar-refractivity contribution in [1.82, 2.24) is 9.97 Å². The second kappa shape index (κ2) is 5.53. The van der Waals surface area contributed by atoms with Crippen molar-refractivity contribution < 1.29 is 4.92 Å². The number of nitrogens with two attached hydrogens (primary N) is 1. The summed E-state index contributed by atoms with van der Waals surface area (Å²) < 4.78 is 0. The van der Waals surface area contributed by atoms with Crippen LogP contribution in [0.5, 0.6) is 0 Å². The lowest BCUT2D eigenvalue weighted by Gasteiger charge is -2.04. The number of aromatic nitrogens is 2. The number of nitrogens with one attached hydrogen (secondary N) is 1. The van der Waals surface area contributed by atoms with Crippen LogP contribution in [0.4, 0.5) is 11.4 Å². The molecule has 0 amide bonds. The topological polar surface area (TPSA) is 115 Å². The van der Waals surface area contributed by atoms with Gasteiger partial charge in [-0.05, 0) is 11.6 Å². The highest BCUT2D eigenvalue weighted by molar-refractivity contribution is 7.98. The SMILES string of the molecule is Nc1ccc([N+](=O)[O-])cc1CSc1nccc(=O)[nH]1. The number of anilines is 1. The van der Waals surface area contributed by atoms with E-state index in [0.29, 0.717) is 22.2 Å². The monoisotopic (exact) mass is 278 g/mol. The summed E-state index contributed by atoms with van der Waals surface area (Å²) in [4.78, 5) is 27.8. The highest BCUT2D eigenvalue weighted by Crippen LogP contribution is 2.25. The van der Waals surface area contributed by atoms with Gasteiger partial charge >= 0.3 is 0 Å². The van der Waals surface area contributed by atoms with Crippen LogP contribution >= 0.6 is 11.8 Å². The molecule has 1 heterocycles. The van der Waals surface area contributed by atoms with Gasteiger partial charge in [-0.2, -0.15) is 0 Å². The van der Waals surface area contributed by atoms with Crippen LogP contribution in [-0.4, -0.2) is 14.9 Å². The summed E-state index contributed by atoms with van der Waals surface area (Å²) in [5, 5.41) is 11.1. The van der Waals surface area contributed by atoms with E-state index in [1.807, 2.05) is 0 Å². The number of non-ortho nitro benzene ring substituents is 1. The van der Waals surface area contributed by atoms with Crippen molar-refractivity contribution in [3.63, 3.8) is 0 Å². The smallest absolute Gasteiger partial charge is 0.269 e. The molecule has 0 saturated carbocycles. The van der Waals surface area contributed by atoms with E-state index in [1.165, 1.54) is 42.2 Å². The van der Waals surface area contributed by atoms with E-state index in [2.05, 4.69) is 9.97 Å². The molecule has 0 aliphatic carbocycles. The first-order valence-electron chi connectivity index (χ1n) is 5.27. The maximum absolute atomic E-state index is 11.1. The van der Waals surface area contributed by atoms with Gasteiger partial charge in [-0.25, -0.2) is 4.98 Å². The first-order chi connectivity index (χ1) is 9.06. The number of benzene rings is 1. The molecule has 0 aliphatic rings. The van der Waals surface area contributed by atoms with Gasteiger partial charge in [0.1, 0.15) is 0 Å². The Balaban J connectivity index is 2.17. The molecule has 8 heteroatoms. The molecule has 0 radical (unpaired) electrons. The molecule has 0 spiro atoms. The van der Waals surface area contributed by atoms with Gasteiger partial charge < -0.3 is 10.7 Å². The molecule has 7 nitrogen and oxygen atoms in total. The standard InChI is InChI=1S/C11H10N4O3S/c12-9-2-1-8(15(17)18)5-7(9)6-19-11-13-4-3-10(16)14-11/h1-5H,6,12H2,(H,13,14,16). The van der Waals surface area contributed by atoms with Crippen LogP contribution < -0.4 is 11.3 Å². The minimum Gasteiger partial charge on any atom is -0.398 e. The molecule has 1 aromatic carbocycles. The van der Waals surface area contributed by atoms with Crippen molar-refractivity contribution in [3.05, 3.63) is 56.5 Å². The van der Waals surface area contributed by atoms with Gasteiger partial charge in [0.05, 0.1) is 4.92 Å². The summed E-state index contributed by atoms with van der Waals surface area (Å²) in [5.41, 5.74) is 6.59. The molecule has 0 saturated heterocycles. The minimum absolute atomic E-state index is 0.0145. The number of nitrogen functional groups attached to an aromatic ring is 1. The van der Waals surface area contributed by atoms with Crippen LogP contribution in [0, 0.1) is 10.1 Å². The van der Waals surface area contributed by atoms with E-state index in [-0.39, 0.29) is 11.2 Å². The van der Waals surface area contributed by atoms with Gasteiger partial charge in [-0.3, -0.25) is 14.9 Å². The number of aromatic amines is 1. The predicted octanol–water partition coefficient (Wildman–Crippen LogP) is 1.55. The Hall–Kier alpha value is -2.35. The normalized spacial score (nSPS) is 10.3. The molecule has 0 unspecified atom stereocenters. The molecule has 0 fully saturated rings. The van der Waals surface area contributed by atoms with Gasteiger partial charge in [0.15, 0.2) is 5.16 Å². The zero-order valence-corrected chi connectivity index (χ0v) is 10.5. The quantitative estimate of drug-likeness (QED) is 0.288. The van der Waals surface area contributed by atoms with Crippen LogP contribution in [0.1, 0.15) is 5.56 Å². The molecule has 0 bridgehead atoms. The minimum atomic E-state index is -0.476. The maximum atomic E-state index is 11.1. The highest BCUT2D eigenvalue weighted by Gasteiger charge is 2.09. The molecule has 0 atom stereocenters. The second-order valence-corrected chi connectivity index (χ2v) is 4.63. The van der Waals surface area contributed by atoms with Crippen LogP contribution in [0.2, 0.25) is 0 Å². The van der Waals surface area contributed by atoms with Crippen molar-refractivity contribution >= 4 is 23.1 Å². The summed E-state index contributed by atoms with van der Waals surface area (Å²) in [6, 6.07) is 5.58. The summed E-state index contributed by atoms with van der Waals surface area (Å²) in [6.45, 7) is 0. The fourth-order valence-electron chi connectivity index (χ4n) is 1.40.